The van der Waals surface area contributed by atoms with Crippen molar-refractivity contribution < 1.29 is 14.0 Å². The first-order valence-electron chi connectivity index (χ1n) is 5.63. The van der Waals surface area contributed by atoms with E-state index >= 15 is 0 Å². The lowest BCUT2D eigenvalue weighted by Gasteiger charge is -2.15. The van der Waals surface area contributed by atoms with Crippen LogP contribution in [0.4, 0.5) is 10.1 Å². The SMILES string of the molecule is O=C1c2ccccc2C(=O)N1c1ccc(Br)c(Br)c1F. The van der Waals surface area contributed by atoms with E-state index in [1.165, 1.54) is 6.07 Å². The van der Waals surface area contributed by atoms with Gasteiger partial charge >= 0.3 is 0 Å². The molecule has 1 heterocycles. The summed E-state index contributed by atoms with van der Waals surface area (Å²) < 4.78 is 14.9. The molecule has 1 aliphatic heterocycles. The molecule has 1 aliphatic rings. The summed E-state index contributed by atoms with van der Waals surface area (Å²) >= 11 is 6.25. The second kappa shape index (κ2) is 4.79. The van der Waals surface area contributed by atoms with Gasteiger partial charge in [-0.15, -0.1) is 0 Å². The Hall–Kier alpha value is -1.53. The van der Waals surface area contributed by atoms with E-state index in [1.807, 2.05) is 0 Å². The van der Waals surface area contributed by atoms with Gasteiger partial charge in [-0.2, -0.15) is 0 Å². The van der Waals surface area contributed by atoms with Crippen molar-refractivity contribution in [3.63, 3.8) is 0 Å². The summed E-state index contributed by atoms with van der Waals surface area (Å²) in [6.45, 7) is 0. The molecule has 2 amide bonds. The molecular weight excluding hydrogens is 393 g/mol. The largest absolute Gasteiger partial charge is 0.268 e. The quantitative estimate of drug-likeness (QED) is 0.534. The smallest absolute Gasteiger partial charge is 0.266 e. The number of benzene rings is 2. The molecule has 0 saturated carbocycles. The molecule has 0 atom stereocenters. The van der Waals surface area contributed by atoms with E-state index in [9.17, 15) is 14.0 Å². The molecule has 3 rings (SSSR count). The van der Waals surface area contributed by atoms with Crippen molar-refractivity contribution in [3.05, 3.63) is 62.3 Å². The fourth-order valence-electron chi connectivity index (χ4n) is 2.10. The summed E-state index contributed by atoms with van der Waals surface area (Å²) in [5.41, 5.74) is 0.512. The van der Waals surface area contributed by atoms with Crippen LogP contribution in [0.15, 0.2) is 45.3 Å². The minimum atomic E-state index is -0.658. The Morgan fingerprint density at radius 2 is 1.45 bits per heavy atom. The third-order valence-electron chi connectivity index (χ3n) is 3.05. The third-order valence-corrected chi connectivity index (χ3v) is 5.02. The van der Waals surface area contributed by atoms with Crippen LogP contribution in [-0.2, 0) is 0 Å². The first-order valence-corrected chi connectivity index (χ1v) is 7.22. The molecule has 0 unspecified atom stereocenters. The molecule has 2 aromatic rings. The number of carbonyl (C=O) groups is 2. The van der Waals surface area contributed by atoms with Crippen molar-refractivity contribution in [3.8, 4) is 0 Å². The van der Waals surface area contributed by atoms with E-state index in [4.69, 9.17) is 0 Å². The van der Waals surface area contributed by atoms with Gasteiger partial charge in [0.1, 0.15) is 0 Å². The van der Waals surface area contributed by atoms with Crippen LogP contribution in [0.2, 0.25) is 0 Å². The molecule has 0 saturated heterocycles. The summed E-state index contributed by atoms with van der Waals surface area (Å²) in [6.07, 6.45) is 0. The second-order valence-electron chi connectivity index (χ2n) is 4.19. The fourth-order valence-corrected chi connectivity index (χ4v) is 2.74. The lowest BCUT2D eigenvalue weighted by atomic mass is 10.1. The van der Waals surface area contributed by atoms with E-state index < -0.39 is 17.6 Å². The molecule has 0 N–H and O–H groups in total. The summed E-state index contributed by atoms with van der Waals surface area (Å²) in [7, 11) is 0. The van der Waals surface area contributed by atoms with Gasteiger partial charge in [-0.05, 0) is 56.1 Å². The average molecular weight is 399 g/mol. The van der Waals surface area contributed by atoms with Gasteiger partial charge in [0.05, 0.1) is 21.3 Å². The van der Waals surface area contributed by atoms with Gasteiger partial charge < -0.3 is 0 Å². The van der Waals surface area contributed by atoms with Crippen LogP contribution in [0.5, 0.6) is 0 Å². The molecule has 20 heavy (non-hydrogen) atoms. The maximum absolute atomic E-state index is 14.3. The third kappa shape index (κ3) is 1.83. The van der Waals surface area contributed by atoms with Crippen LogP contribution in [-0.4, -0.2) is 11.8 Å². The average Bonchev–Trinajstić information content (AvgIpc) is 2.70. The van der Waals surface area contributed by atoms with Crippen LogP contribution in [0, 0.1) is 5.82 Å². The number of carbonyl (C=O) groups excluding carboxylic acids is 2. The second-order valence-corrected chi connectivity index (χ2v) is 5.83. The molecule has 0 fully saturated rings. The molecule has 0 spiro atoms. The van der Waals surface area contributed by atoms with Crippen LogP contribution in [0.3, 0.4) is 0 Å². The molecule has 6 heteroatoms. The Kier molecular flexibility index (Phi) is 3.22. The molecule has 0 bridgehead atoms. The van der Waals surface area contributed by atoms with Gasteiger partial charge in [-0.3, -0.25) is 9.59 Å². The number of nitrogens with zero attached hydrogens (tertiary/aromatic N) is 1. The van der Waals surface area contributed by atoms with E-state index in [-0.39, 0.29) is 21.3 Å². The van der Waals surface area contributed by atoms with Crippen molar-refractivity contribution >= 4 is 49.4 Å². The van der Waals surface area contributed by atoms with Crippen molar-refractivity contribution in [1.29, 1.82) is 0 Å². The molecule has 2 aromatic carbocycles. The van der Waals surface area contributed by atoms with Gasteiger partial charge in [-0.1, -0.05) is 12.1 Å². The zero-order valence-electron chi connectivity index (χ0n) is 9.86. The summed E-state index contributed by atoms with van der Waals surface area (Å²) in [6, 6.07) is 9.42. The van der Waals surface area contributed by atoms with Crippen LogP contribution in [0.25, 0.3) is 0 Å². The number of hydrogen-bond donors (Lipinski definition) is 0. The van der Waals surface area contributed by atoms with E-state index in [2.05, 4.69) is 31.9 Å². The minimum absolute atomic E-state index is 0.0636. The zero-order valence-corrected chi connectivity index (χ0v) is 13.0. The normalized spacial score (nSPS) is 13.8. The highest BCUT2D eigenvalue weighted by Gasteiger charge is 2.38. The Morgan fingerprint density at radius 3 is 2.00 bits per heavy atom. The standard InChI is InChI=1S/C14H6Br2FNO2/c15-9-5-6-10(12(17)11(9)16)18-13(19)7-3-1-2-4-8(7)14(18)20/h1-6H. The highest BCUT2D eigenvalue weighted by Crippen LogP contribution is 2.36. The number of anilines is 1. The highest BCUT2D eigenvalue weighted by molar-refractivity contribution is 9.13. The summed E-state index contributed by atoms with van der Waals surface area (Å²) in [5.74, 6) is -1.69. The Balaban J connectivity index is 2.17. The summed E-state index contributed by atoms with van der Waals surface area (Å²) in [4.78, 5) is 25.4. The first-order chi connectivity index (χ1) is 9.52. The van der Waals surface area contributed by atoms with Crippen molar-refractivity contribution in [2.75, 3.05) is 4.90 Å². The number of hydrogen-bond acceptors (Lipinski definition) is 2. The monoisotopic (exact) mass is 397 g/mol. The lowest BCUT2D eigenvalue weighted by molar-refractivity contribution is 0.0925. The lowest BCUT2D eigenvalue weighted by Crippen LogP contribution is -2.30. The maximum atomic E-state index is 14.3. The van der Waals surface area contributed by atoms with Gasteiger partial charge in [0.15, 0.2) is 5.82 Å². The highest BCUT2D eigenvalue weighted by atomic mass is 79.9. The fraction of sp³-hybridized carbons (Fsp3) is 0. The predicted octanol–water partition coefficient (Wildman–Crippen LogP) is 4.15. The van der Waals surface area contributed by atoms with E-state index in [0.717, 1.165) is 4.90 Å². The number of amides is 2. The van der Waals surface area contributed by atoms with E-state index in [1.54, 1.807) is 30.3 Å². The maximum Gasteiger partial charge on any atom is 0.266 e. The number of rotatable bonds is 1. The Labute approximate surface area is 130 Å². The molecule has 0 radical (unpaired) electrons. The predicted molar refractivity (Wildman–Crippen MR) is 79.4 cm³/mol. The van der Waals surface area contributed by atoms with Gasteiger partial charge in [0.2, 0.25) is 0 Å². The Bertz CT molecular complexity index is 726. The molecule has 0 aromatic heterocycles. The van der Waals surface area contributed by atoms with E-state index in [0.29, 0.717) is 4.47 Å². The number of fused-ring (bicyclic) bond motifs is 1. The van der Waals surface area contributed by atoms with Gasteiger partial charge in [-0.25, -0.2) is 9.29 Å². The van der Waals surface area contributed by atoms with Crippen LogP contribution < -0.4 is 4.90 Å². The molecule has 0 aliphatic carbocycles. The van der Waals surface area contributed by atoms with Crippen molar-refractivity contribution in [1.82, 2.24) is 0 Å². The van der Waals surface area contributed by atoms with Crippen molar-refractivity contribution in [2.45, 2.75) is 0 Å². The minimum Gasteiger partial charge on any atom is -0.268 e. The topological polar surface area (TPSA) is 37.4 Å². The molecular formula is C14H6Br2FNO2. The van der Waals surface area contributed by atoms with Crippen molar-refractivity contribution in [2.24, 2.45) is 0 Å². The van der Waals surface area contributed by atoms with Gasteiger partial charge in [0, 0.05) is 4.47 Å². The number of imide groups is 1. The molecule has 100 valence electrons. The first kappa shape index (κ1) is 13.5. The van der Waals surface area contributed by atoms with Crippen LogP contribution >= 0.6 is 31.9 Å². The Morgan fingerprint density at radius 1 is 0.900 bits per heavy atom. The van der Waals surface area contributed by atoms with Gasteiger partial charge in [0.25, 0.3) is 11.8 Å². The number of halogens is 3. The zero-order chi connectivity index (χ0) is 14.4. The van der Waals surface area contributed by atoms with Crippen LogP contribution in [0.1, 0.15) is 20.7 Å². The molecule has 3 nitrogen and oxygen atoms in total. The summed E-state index contributed by atoms with van der Waals surface area (Å²) in [5, 5.41) is 0.